The van der Waals surface area contributed by atoms with E-state index in [0.717, 1.165) is 36.8 Å². The van der Waals surface area contributed by atoms with Crippen LogP contribution in [0.1, 0.15) is 25.1 Å². The molecule has 0 spiro atoms. The fraction of sp³-hybridized carbons (Fsp3) is 0.714. The van der Waals surface area contributed by atoms with Crippen LogP contribution in [0.5, 0.6) is 0 Å². The van der Waals surface area contributed by atoms with Crippen LogP contribution in [0.4, 0.5) is 5.95 Å². The summed E-state index contributed by atoms with van der Waals surface area (Å²) < 4.78 is 0. The summed E-state index contributed by atoms with van der Waals surface area (Å²) in [5.74, 6) is 0.828. The monoisotopic (exact) mass is 265 g/mol. The zero-order valence-corrected chi connectivity index (χ0v) is 13.1. The molecule has 1 heterocycles. The van der Waals surface area contributed by atoms with Gasteiger partial charge >= 0.3 is 0 Å². The van der Waals surface area contributed by atoms with Crippen molar-refractivity contribution >= 4 is 5.95 Å². The Balaban J connectivity index is 2.89. The van der Waals surface area contributed by atoms with E-state index in [9.17, 15) is 0 Å². The summed E-state index contributed by atoms with van der Waals surface area (Å²) >= 11 is 0. The van der Waals surface area contributed by atoms with Gasteiger partial charge < -0.3 is 15.1 Å². The van der Waals surface area contributed by atoms with Gasteiger partial charge in [0, 0.05) is 43.1 Å². The molecule has 0 bridgehead atoms. The number of nitrogens with one attached hydrogen (secondary N) is 1. The van der Waals surface area contributed by atoms with Crippen LogP contribution in [-0.2, 0) is 6.54 Å². The number of hydrogen-bond acceptors (Lipinski definition) is 5. The molecule has 1 unspecified atom stereocenters. The van der Waals surface area contributed by atoms with E-state index in [2.05, 4.69) is 53.0 Å². The lowest BCUT2D eigenvalue weighted by Gasteiger charge is -2.30. The highest BCUT2D eigenvalue weighted by Gasteiger charge is 2.16. The maximum Gasteiger partial charge on any atom is 0.225 e. The van der Waals surface area contributed by atoms with Crippen molar-refractivity contribution in [3.05, 3.63) is 17.5 Å². The third-order valence-corrected chi connectivity index (χ3v) is 3.19. The second-order valence-corrected chi connectivity index (χ2v) is 5.21. The normalized spacial score (nSPS) is 12.8. The van der Waals surface area contributed by atoms with Gasteiger partial charge in [-0.3, -0.25) is 0 Å². The molecule has 0 fully saturated rings. The van der Waals surface area contributed by atoms with E-state index < -0.39 is 0 Å². The average molecular weight is 265 g/mol. The third-order valence-electron chi connectivity index (χ3n) is 3.19. The summed E-state index contributed by atoms with van der Waals surface area (Å²) in [7, 11) is 6.11. The van der Waals surface area contributed by atoms with Crippen LogP contribution in [0.3, 0.4) is 0 Å². The lowest BCUT2D eigenvalue weighted by Crippen LogP contribution is -2.41. The first-order valence-corrected chi connectivity index (χ1v) is 6.88. The zero-order valence-electron chi connectivity index (χ0n) is 13.1. The summed E-state index contributed by atoms with van der Waals surface area (Å²) in [6, 6.07) is 0.398. The molecule has 0 amide bonds. The molecule has 0 aliphatic heterocycles. The fourth-order valence-electron chi connectivity index (χ4n) is 2.26. The molecule has 1 rings (SSSR count). The number of likely N-dealkylation sites (N-methyl/N-ethyl adjacent to an activating group) is 2. The first kappa shape index (κ1) is 15.9. The van der Waals surface area contributed by atoms with Crippen molar-refractivity contribution in [2.45, 2.75) is 33.4 Å². The largest absolute Gasteiger partial charge is 0.337 e. The Morgan fingerprint density at radius 1 is 1.37 bits per heavy atom. The van der Waals surface area contributed by atoms with Gasteiger partial charge in [-0.05, 0) is 41.9 Å². The van der Waals surface area contributed by atoms with E-state index in [1.54, 1.807) is 0 Å². The Hall–Kier alpha value is -1.20. The SMILES string of the molecule is CCN(c1ncc(CNC)c(C)n1)C(C)CN(C)C. The van der Waals surface area contributed by atoms with Crippen LogP contribution >= 0.6 is 0 Å². The summed E-state index contributed by atoms with van der Waals surface area (Å²) in [5, 5.41) is 3.14. The van der Waals surface area contributed by atoms with E-state index in [0.29, 0.717) is 6.04 Å². The lowest BCUT2D eigenvalue weighted by molar-refractivity contribution is 0.371. The minimum absolute atomic E-state index is 0.398. The lowest BCUT2D eigenvalue weighted by atomic mass is 10.2. The van der Waals surface area contributed by atoms with Crippen LogP contribution < -0.4 is 10.2 Å². The molecule has 0 aliphatic rings. The molecular formula is C14H27N5. The van der Waals surface area contributed by atoms with E-state index in [4.69, 9.17) is 0 Å². The van der Waals surface area contributed by atoms with Crippen LogP contribution in [-0.4, -0.2) is 55.1 Å². The molecule has 1 aromatic rings. The number of nitrogens with zero attached hydrogens (tertiary/aromatic N) is 4. The molecule has 1 aromatic heterocycles. The number of aryl methyl sites for hydroxylation is 1. The number of anilines is 1. The van der Waals surface area contributed by atoms with Crippen molar-refractivity contribution in [3.8, 4) is 0 Å². The van der Waals surface area contributed by atoms with Gasteiger partial charge in [-0.25, -0.2) is 9.97 Å². The molecule has 1 N–H and O–H groups in total. The Bertz CT molecular complexity index is 391. The molecular weight excluding hydrogens is 238 g/mol. The number of rotatable bonds is 7. The predicted octanol–water partition coefficient (Wildman–Crippen LogP) is 1.28. The van der Waals surface area contributed by atoms with Crippen molar-refractivity contribution in [2.24, 2.45) is 0 Å². The van der Waals surface area contributed by atoms with Crippen molar-refractivity contribution in [2.75, 3.05) is 39.1 Å². The van der Waals surface area contributed by atoms with E-state index in [1.807, 2.05) is 20.2 Å². The minimum Gasteiger partial charge on any atom is -0.337 e. The third kappa shape index (κ3) is 4.44. The van der Waals surface area contributed by atoms with Gasteiger partial charge in [0.05, 0.1) is 0 Å². The van der Waals surface area contributed by atoms with Gasteiger partial charge in [0.15, 0.2) is 0 Å². The summed E-state index contributed by atoms with van der Waals surface area (Å²) in [6.07, 6.45) is 1.93. The Labute approximate surface area is 117 Å². The van der Waals surface area contributed by atoms with Crippen molar-refractivity contribution in [1.29, 1.82) is 0 Å². The van der Waals surface area contributed by atoms with Crippen molar-refractivity contribution in [1.82, 2.24) is 20.2 Å². The smallest absolute Gasteiger partial charge is 0.225 e. The topological polar surface area (TPSA) is 44.3 Å². The van der Waals surface area contributed by atoms with E-state index in [1.165, 1.54) is 0 Å². The van der Waals surface area contributed by atoms with Crippen LogP contribution in [0.25, 0.3) is 0 Å². The molecule has 0 aliphatic carbocycles. The molecule has 0 saturated heterocycles. The first-order valence-electron chi connectivity index (χ1n) is 6.88. The van der Waals surface area contributed by atoms with Crippen LogP contribution in [0, 0.1) is 6.92 Å². The molecule has 1 atom stereocenters. The zero-order chi connectivity index (χ0) is 14.4. The van der Waals surface area contributed by atoms with Gasteiger partial charge in [0.25, 0.3) is 0 Å². The van der Waals surface area contributed by atoms with E-state index in [-0.39, 0.29) is 0 Å². The molecule has 0 saturated carbocycles. The summed E-state index contributed by atoms with van der Waals surface area (Å²) in [6.45, 7) is 9.12. The Morgan fingerprint density at radius 3 is 2.53 bits per heavy atom. The number of aromatic nitrogens is 2. The Kier molecular flexibility index (Phi) is 6.18. The highest BCUT2D eigenvalue weighted by molar-refractivity contribution is 5.34. The summed E-state index contributed by atoms with van der Waals surface area (Å²) in [4.78, 5) is 13.6. The molecule has 19 heavy (non-hydrogen) atoms. The van der Waals surface area contributed by atoms with Crippen LogP contribution in [0.2, 0.25) is 0 Å². The van der Waals surface area contributed by atoms with Crippen LogP contribution in [0.15, 0.2) is 6.20 Å². The molecule has 5 heteroatoms. The number of hydrogen-bond donors (Lipinski definition) is 1. The highest BCUT2D eigenvalue weighted by atomic mass is 15.3. The van der Waals surface area contributed by atoms with Gasteiger partial charge in [0.2, 0.25) is 5.95 Å². The maximum atomic E-state index is 4.65. The quantitative estimate of drug-likeness (QED) is 0.804. The summed E-state index contributed by atoms with van der Waals surface area (Å²) in [5.41, 5.74) is 2.21. The average Bonchev–Trinajstić information content (AvgIpc) is 2.32. The van der Waals surface area contributed by atoms with Gasteiger partial charge in [-0.2, -0.15) is 0 Å². The van der Waals surface area contributed by atoms with Gasteiger partial charge in [0.1, 0.15) is 0 Å². The van der Waals surface area contributed by atoms with E-state index >= 15 is 0 Å². The van der Waals surface area contributed by atoms with Crippen molar-refractivity contribution < 1.29 is 0 Å². The second kappa shape index (κ2) is 7.40. The molecule has 108 valence electrons. The fourth-order valence-corrected chi connectivity index (χ4v) is 2.26. The maximum absolute atomic E-state index is 4.65. The molecule has 0 radical (unpaired) electrons. The van der Waals surface area contributed by atoms with Gasteiger partial charge in [-0.1, -0.05) is 0 Å². The second-order valence-electron chi connectivity index (χ2n) is 5.21. The van der Waals surface area contributed by atoms with Crippen molar-refractivity contribution in [3.63, 3.8) is 0 Å². The highest BCUT2D eigenvalue weighted by Crippen LogP contribution is 2.14. The standard InChI is InChI=1S/C14H27N5/c1-7-19(11(2)10-18(5)6)14-16-9-13(8-15-4)12(3)17-14/h9,11,15H,7-8,10H2,1-6H3. The first-order chi connectivity index (χ1) is 8.99. The molecule has 0 aromatic carbocycles. The Morgan fingerprint density at radius 2 is 2.05 bits per heavy atom. The molecule has 5 nitrogen and oxygen atoms in total. The van der Waals surface area contributed by atoms with Gasteiger partial charge in [-0.15, -0.1) is 0 Å². The predicted molar refractivity (Wildman–Crippen MR) is 80.6 cm³/mol. The minimum atomic E-state index is 0.398.